The molecule has 0 unspecified atom stereocenters. The lowest BCUT2D eigenvalue weighted by atomic mass is 10.1. The Morgan fingerprint density at radius 2 is 2.37 bits per heavy atom. The number of benzene rings is 1. The van der Waals surface area contributed by atoms with Gasteiger partial charge in [0.15, 0.2) is 0 Å². The Bertz CT molecular complexity index is 543. The van der Waals surface area contributed by atoms with Crippen LogP contribution in [0.1, 0.15) is 10.6 Å². The molecule has 0 radical (unpaired) electrons. The average Bonchev–Trinajstić information content (AvgIpc) is 3.07. The lowest BCUT2D eigenvalue weighted by molar-refractivity contribution is -0.121. The Labute approximate surface area is 115 Å². The van der Waals surface area contributed by atoms with Crippen molar-refractivity contribution in [3.05, 3.63) is 46.4 Å². The number of aromatic nitrogens is 1. The van der Waals surface area contributed by atoms with Crippen molar-refractivity contribution in [1.29, 1.82) is 0 Å². The second-order valence-electron chi connectivity index (χ2n) is 4.53. The monoisotopic (exact) mass is 273 g/mol. The van der Waals surface area contributed by atoms with Crippen molar-refractivity contribution in [3.8, 4) is 0 Å². The molecule has 4 nitrogen and oxygen atoms in total. The number of rotatable bonds is 4. The van der Waals surface area contributed by atoms with Gasteiger partial charge in [0.05, 0.1) is 5.01 Å². The van der Waals surface area contributed by atoms with Crippen molar-refractivity contribution < 1.29 is 4.79 Å². The van der Waals surface area contributed by atoms with E-state index in [1.165, 1.54) is 5.56 Å². The summed E-state index contributed by atoms with van der Waals surface area (Å²) in [6.45, 7) is 0.640. The number of nitrogens with one attached hydrogen (secondary N) is 2. The normalized spacial score (nSPS) is 16.7. The van der Waals surface area contributed by atoms with Crippen molar-refractivity contribution in [2.75, 3.05) is 11.9 Å². The van der Waals surface area contributed by atoms with Gasteiger partial charge in [0.1, 0.15) is 6.04 Å². The van der Waals surface area contributed by atoms with Crippen LogP contribution in [-0.2, 0) is 17.6 Å². The Balaban J connectivity index is 1.50. The number of thiazole rings is 1. The van der Waals surface area contributed by atoms with E-state index in [0.29, 0.717) is 6.54 Å². The number of carbonyl (C=O) groups is 1. The Kier molecular flexibility index (Phi) is 3.46. The highest BCUT2D eigenvalue weighted by Crippen LogP contribution is 2.24. The number of hydrogen-bond acceptors (Lipinski definition) is 4. The van der Waals surface area contributed by atoms with Gasteiger partial charge in [-0.1, -0.05) is 18.2 Å². The van der Waals surface area contributed by atoms with E-state index in [4.69, 9.17) is 0 Å². The fraction of sp³-hybridized carbons (Fsp3) is 0.286. The molecule has 0 saturated carbocycles. The molecule has 2 heterocycles. The van der Waals surface area contributed by atoms with Gasteiger partial charge in [0.25, 0.3) is 0 Å². The van der Waals surface area contributed by atoms with Gasteiger partial charge >= 0.3 is 0 Å². The molecule has 5 heteroatoms. The summed E-state index contributed by atoms with van der Waals surface area (Å²) in [6, 6.07) is 7.91. The number of carbonyl (C=O) groups excluding carboxylic acids is 1. The van der Waals surface area contributed by atoms with Crippen LogP contribution in [0.25, 0.3) is 0 Å². The van der Waals surface area contributed by atoms with E-state index in [1.807, 2.05) is 23.6 Å². The molecule has 0 bridgehead atoms. The zero-order chi connectivity index (χ0) is 13.1. The Hall–Kier alpha value is -1.88. The molecule has 3 rings (SSSR count). The summed E-state index contributed by atoms with van der Waals surface area (Å²) in [4.78, 5) is 16.2. The quantitative estimate of drug-likeness (QED) is 0.893. The van der Waals surface area contributed by atoms with Crippen LogP contribution in [0.3, 0.4) is 0 Å². The largest absolute Gasteiger partial charge is 0.373 e. The molecule has 0 saturated heterocycles. The molecule has 0 aliphatic carbocycles. The molecule has 98 valence electrons. The first-order chi connectivity index (χ1) is 9.33. The van der Waals surface area contributed by atoms with Crippen molar-refractivity contribution in [1.82, 2.24) is 10.3 Å². The molecule has 0 spiro atoms. The zero-order valence-corrected chi connectivity index (χ0v) is 11.2. The Morgan fingerprint density at radius 3 is 3.16 bits per heavy atom. The van der Waals surface area contributed by atoms with Gasteiger partial charge < -0.3 is 10.6 Å². The number of nitrogens with zero attached hydrogens (tertiary/aromatic N) is 1. The van der Waals surface area contributed by atoms with Crippen LogP contribution in [0.2, 0.25) is 0 Å². The highest BCUT2D eigenvalue weighted by Gasteiger charge is 2.25. The van der Waals surface area contributed by atoms with E-state index < -0.39 is 0 Å². The third-order valence-electron chi connectivity index (χ3n) is 3.21. The van der Waals surface area contributed by atoms with Gasteiger partial charge in [-0.3, -0.25) is 4.79 Å². The number of anilines is 1. The minimum Gasteiger partial charge on any atom is -0.373 e. The summed E-state index contributed by atoms with van der Waals surface area (Å²) in [5.74, 6) is 0.0627. The highest BCUT2D eigenvalue weighted by molar-refractivity contribution is 7.09. The molecule has 1 aromatic carbocycles. The average molecular weight is 273 g/mol. The van der Waals surface area contributed by atoms with Crippen molar-refractivity contribution in [2.45, 2.75) is 18.9 Å². The Morgan fingerprint density at radius 1 is 1.47 bits per heavy atom. The summed E-state index contributed by atoms with van der Waals surface area (Å²) in [5, 5.41) is 9.22. The minimum atomic E-state index is -0.145. The van der Waals surface area contributed by atoms with Crippen LogP contribution in [-0.4, -0.2) is 23.5 Å². The van der Waals surface area contributed by atoms with Crippen LogP contribution in [0.15, 0.2) is 35.8 Å². The van der Waals surface area contributed by atoms with Crippen LogP contribution < -0.4 is 10.6 Å². The first-order valence-electron chi connectivity index (χ1n) is 6.33. The van der Waals surface area contributed by atoms with Gasteiger partial charge in [-0.15, -0.1) is 11.3 Å². The summed E-state index contributed by atoms with van der Waals surface area (Å²) >= 11 is 1.62. The zero-order valence-electron chi connectivity index (χ0n) is 10.4. The van der Waals surface area contributed by atoms with Gasteiger partial charge in [-0.05, 0) is 11.6 Å². The van der Waals surface area contributed by atoms with E-state index >= 15 is 0 Å². The standard InChI is InChI=1S/C14H15N3OS/c18-14(16-6-5-13-15-7-8-19-13)12-9-10-3-1-2-4-11(10)17-12/h1-4,7-8,12,17H,5-6,9H2,(H,16,18)/t12-/m0/s1. The molecule has 2 N–H and O–H groups in total. The molecule has 19 heavy (non-hydrogen) atoms. The number of hydrogen-bond donors (Lipinski definition) is 2. The third-order valence-corrected chi connectivity index (χ3v) is 4.05. The third kappa shape index (κ3) is 2.76. The van der Waals surface area contributed by atoms with Gasteiger partial charge in [0.2, 0.25) is 5.91 Å². The van der Waals surface area contributed by atoms with Gasteiger partial charge in [-0.2, -0.15) is 0 Å². The molecule has 1 atom stereocenters. The van der Waals surface area contributed by atoms with Crippen molar-refractivity contribution >= 4 is 22.9 Å². The second-order valence-corrected chi connectivity index (χ2v) is 5.50. The van der Waals surface area contributed by atoms with Crippen molar-refractivity contribution in [2.24, 2.45) is 0 Å². The molecule has 1 amide bonds. The van der Waals surface area contributed by atoms with E-state index in [1.54, 1.807) is 17.5 Å². The molecular formula is C14H15N3OS. The highest BCUT2D eigenvalue weighted by atomic mass is 32.1. The fourth-order valence-electron chi connectivity index (χ4n) is 2.25. The van der Waals surface area contributed by atoms with E-state index in [2.05, 4.69) is 21.7 Å². The summed E-state index contributed by atoms with van der Waals surface area (Å²) in [6.07, 6.45) is 3.35. The second kappa shape index (κ2) is 5.40. The van der Waals surface area contributed by atoms with E-state index in [-0.39, 0.29) is 11.9 Å². The van der Waals surface area contributed by atoms with Crippen molar-refractivity contribution in [3.63, 3.8) is 0 Å². The van der Waals surface area contributed by atoms with Crippen LogP contribution in [0.5, 0.6) is 0 Å². The maximum atomic E-state index is 12.1. The summed E-state index contributed by atoms with van der Waals surface area (Å²) < 4.78 is 0. The maximum absolute atomic E-state index is 12.1. The lowest BCUT2D eigenvalue weighted by Gasteiger charge is -2.11. The molecule has 1 aliphatic heterocycles. The SMILES string of the molecule is O=C(NCCc1nccs1)[C@@H]1Cc2ccccc2N1. The van der Waals surface area contributed by atoms with E-state index in [9.17, 15) is 4.79 Å². The topological polar surface area (TPSA) is 54.0 Å². The molecule has 0 fully saturated rings. The predicted octanol–water partition coefficient (Wildman–Crippen LogP) is 1.84. The summed E-state index contributed by atoms with van der Waals surface area (Å²) in [7, 11) is 0. The minimum absolute atomic E-state index is 0.0627. The molecule has 1 aliphatic rings. The van der Waals surface area contributed by atoms with Crippen LogP contribution in [0, 0.1) is 0 Å². The predicted molar refractivity (Wildman–Crippen MR) is 76.4 cm³/mol. The number of para-hydroxylation sites is 1. The first kappa shape index (κ1) is 12.2. The van der Waals surface area contributed by atoms with Gasteiger partial charge in [0, 0.05) is 36.7 Å². The smallest absolute Gasteiger partial charge is 0.242 e. The number of fused-ring (bicyclic) bond motifs is 1. The maximum Gasteiger partial charge on any atom is 0.242 e. The molecule has 1 aromatic heterocycles. The van der Waals surface area contributed by atoms with Crippen LogP contribution >= 0.6 is 11.3 Å². The molecule has 2 aromatic rings. The lowest BCUT2D eigenvalue weighted by Crippen LogP contribution is -2.39. The summed E-state index contributed by atoms with van der Waals surface area (Å²) in [5.41, 5.74) is 2.28. The van der Waals surface area contributed by atoms with E-state index in [0.717, 1.165) is 23.5 Å². The number of amides is 1. The first-order valence-corrected chi connectivity index (χ1v) is 7.21. The van der Waals surface area contributed by atoms with Gasteiger partial charge in [-0.25, -0.2) is 4.98 Å². The fourth-order valence-corrected chi connectivity index (χ4v) is 2.87. The van der Waals surface area contributed by atoms with Crippen LogP contribution in [0.4, 0.5) is 5.69 Å². The molecular weight excluding hydrogens is 258 g/mol.